The molecule has 1 aromatic carbocycles. The normalized spacial score (nSPS) is 11.0. The first kappa shape index (κ1) is 20.8. The van der Waals surface area contributed by atoms with Crippen LogP contribution in [0, 0.1) is 10.6 Å². The van der Waals surface area contributed by atoms with Crippen LogP contribution in [0.25, 0.3) is 10.9 Å². The Labute approximate surface area is 183 Å². The second-order valence-electron chi connectivity index (χ2n) is 6.55. The fourth-order valence-electron chi connectivity index (χ4n) is 2.97. The Hall–Kier alpha value is -3.51. The number of anilines is 1. The molecule has 0 aliphatic carbocycles. The number of carbonyl (C=O) groups is 1. The molecule has 0 fully saturated rings. The lowest BCUT2D eigenvalue weighted by Crippen LogP contribution is -2.28. The standard InChI is InChI=1S/C19H16FN7O2S2/c1-2-5-27-15(24-25-19(27)30)7-12-9-31-18(22-12)23-16(28)8-26-10-21-14-4-3-11(20)6-13(14)17(26)29/h2-4,6,9-10H,1,5,7-8H2,(H,25,30)(H,22,23,28). The molecule has 0 bridgehead atoms. The van der Waals surface area contributed by atoms with Crippen LogP contribution < -0.4 is 10.9 Å². The first-order valence-corrected chi connectivity index (χ1v) is 10.4. The number of carbonyl (C=O) groups excluding carboxylic acids is 1. The molecule has 0 saturated carbocycles. The number of fused-ring (bicyclic) bond motifs is 1. The van der Waals surface area contributed by atoms with Gasteiger partial charge in [-0.05, 0) is 30.4 Å². The van der Waals surface area contributed by atoms with E-state index in [4.69, 9.17) is 12.2 Å². The number of allylic oxidation sites excluding steroid dienone is 1. The molecular formula is C19H16FN7O2S2. The van der Waals surface area contributed by atoms with Crippen LogP contribution in [0.3, 0.4) is 0 Å². The van der Waals surface area contributed by atoms with Crippen molar-refractivity contribution in [1.82, 2.24) is 29.3 Å². The lowest BCUT2D eigenvalue weighted by Gasteiger charge is -2.06. The Morgan fingerprint density at radius 1 is 1.42 bits per heavy atom. The molecule has 0 radical (unpaired) electrons. The summed E-state index contributed by atoms with van der Waals surface area (Å²) >= 11 is 6.45. The topological polar surface area (TPSA) is 110 Å². The second-order valence-corrected chi connectivity index (χ2v) is 7.80. The number of nitrogens with zero attached hydrogens (tertiary/aromatic N) is 5. The van der Waals surface area contributed by atoms with Crippen LogP contribution in [-0.2, 0) is 24.3 Å². The summed E-state index contributed by atoms with van der Waals surface area (Å²) in [4.78, 5) is 33.4. The van der Waals surface area contributed by atoms with Gasteiger partial charge in [-0.15, -0.1) is 17.9 Å². The first-order chi connectivity index (χ1) is 14.9. The molecule has 2 N–H and O–H groups in total. The fourth-order valence-corrected chi connectivity index (χ4v) is 3.92. The van der Waals surface area contributed by atoms with Crippen LogP contribution in [0.2, 0.25) is 0 Å². The highest BCUT2D eigenvalue weighted by atomic mass is 32.1. The summed E-state index contributed by atoms with van der Waals surface area (Å²) in [6.07, 6.45) is 3.41. The Morgan fingerprint density at radius 3 is 3.06 bits per heavy atom. The van der Waals surface area contributed by atoms with E-state index in [1.807, 2.05) is 4.57 Å². The molecule has 4 rings (SSSR count). The number of amides is 1. The average Bonchev–Trinajstić information content (AvgIpc) is 3.32. The molecule has 0 unspecified atom stereocenters. The largest absolute Gasteiger partial charge is 0.300 e. The van der Waals surface area contributed by atoms with Crippen molar-refractivity contribution in [3.63, 3.8) is 0 Å². The SMILES string of the molecule is C=CCn1c(Cc2csc(NC(=O)Cn3cnc4ccc(F)cc4c3=O)n2)n[nH]c1=S. The van der Waals surface area contributed by atoms with Crippen LogP contribution in [0.4, 0.5) is 9.52 Å². The zero-order valence-electron chi connectivity index (χ0n) is 16.0. The van der Waals surface area contributed by atoms with Crippen molar-refractivity contribution < 1.29 is 9.18 Å². The van der Waals surface area contributed by atoms with Crippen molar-refractivity contribution in [3.05, 3.63) is 75.0 Å². The van der Waals surface area contributed by atoms with Crippen LogP contribution in [0.15, 0.2) is 47.4 Å². The molecule has 9 nitrogen and oxygen atoms in total. The minimum absolute atomic E-state index is 0.111. The van der Waals surface area contributed by atoms with E-state index in [1.54, 1.807) is 11.5 Å². The van der Waals surface area contributed by atoms with Crippen molar-refractivity contribution in [2.75, 3.05) is 5.32 Å². The fraction of sp³-hybridized carbons (Fsp3) is 0.158. The van der Waals surface area contributed by atoms with E-state index in [1.165, 1.54) is 29.8 Å². The summed E-state index contributed by atoms with van der Waals surface area (Å²) in [5.74, 6) is -0.289. The van der Waals surface area contributed by atoms with E-state index in [2.05, 4.69) is 32.1 Å². The molecule has 3 heterocycles. The predicted octanol–water partition coefficient (Wildman–Crippen LogP) is 2.66. The predicted molar refractivity (Wildman–Crippen MR) is 117 cm³/mol. The molecule has 0 aliphatic rings. The maximum atomic E-state index is 13.4. The average molecular weight is 458 g/mol. The van der Waals surface area contributed by atoms with E-state index in [9.17, 15) is 14.0 Å². The number of nitrogens with one attached hydrogen (secondary N) is 2. The van der Waals surface area contributed by atoms with E-state index in [0.717, 1.165) is 10.6 Å². The minimum Gasteiger partial charge on any atom is -0.300 e. The van der Waals surface area contributed by atoms with E-state index in [0.29, 0.717) is 39.9 Å². The van der Waals surface area contributed by atoms with Gasteiger partial charge in [-0.3, -0.25) is 23.8 Å². The Morgan fingerprint density at radius 2 is 2.26 bits per heavy atom. The second kappa shape index (κ2) is 8.70. The summed E-state index contributed by atoms with van der Waals surface area (Å²) in [5, 5.41) is 11.9. The number of rotatable bonds is 7. The number of aromatic amines is 1. The van der Waals surface area contributed by atoms with E-state index in [-0.39, 0.29) is 11.9 Å². The van der Waals surface area contributed by atoms with Gasteiger partial charge in [0.1, 0.15) is 18.2 Å². The third kappa shape index (κ3) is 4.49. The van der Waals surface area contributed by atoms with Crippen LogP contribution >= 0.6 is 23.6 Å². The minimum atomic E-state index is -0.543. The smallest absolute Gasteiger partial charge is 0.261 e. The van der Waals surface area contributed by atoms with Crippen molar-refractivity contribution in [1.29, 1.82) is 0 Å². The van der Waals surface area contributed by atoms with Gasteiger partial charge in [0.05, 0.1) is 29.3 Å². The van der Waals surface area contributed by atoms with Crippen LogP contribution in [0.5, 0.6) is 0 Å². The van der Waals surface area contributed by atoms with E-state index < -0.39 is 17.3 Å². The van der Waals surface area contributed by atoms with Gasteiger partial charge < -0.3 is 5.32 Å². The maximum absolute atomic E-state index is 13.4. The molecule has 0 spiro atoms. The third-order valence-corrected chi connectivity index (χ3v) is 5.50. The van der Waals surface area contributed by atoms with Crippen LogP contribution in [-0.4, -0.2) is 35.2 Å². The quantitative estimate of drug-likeness (QED) is 0.326. The van der Waals surface area contributed by atoms with Gasteiger partial charge in [-0.2, -0.15) is 5.10 Å². The molecule has 12 heteroatoms. The highest BCUT2D eigenvalue weighted by Crippen LogP contribution is 2.18. The molecular weight excluding hydrogens is 441 g/mol. The number of aromatic nitrogens is 6. The summed E-state index contributed by atoms with van der Waals surface area (Å²) in [6, 6.07) is 3.75. The molecule has 158 valence electrons. The Balaban J connectivity index is 1.46. The lowest BCUT2D eigenvalue weighted by molar-refractivity contribution is -0.116. The Kier molecular flexibility index (Phi) is 5.82. The number of halogens is 1. The van der Waals surface area contributed by atoms with Crippen molar-refractivity contribution in [2.24, 2.45) is 0 Å². The van der Waals surface area contributed by atoms with Gasteiger partial charge in [0, 0.05) is 11.9 Å². The first-order valence-electron chi connectivity index (χ1n) is 9.08. The lowest BCUT2D eigenvalue weighted by atomic mass is 10.2. The molecule has 0 saturated heterocycles. The summed E-state index contributed by atoms with van der Waals surface area (Å²) in [7, 11) is 0. The molecule has 4 aromatic rings. The molecule has 31 heavy (non-hydrogen) atoms. The summed E-state index contributed by atoms with van der Waals surface area (Å²) in [5.41, 5.74) is 0.575. The van der Waals surface area contributed by atoms with Crippen LogP contribution in [0.1, 0.15) is 11.5 Å². The number of H-pyrrole nitrogens is 1. The Bertz CT molecular complexity index is 1400. The zero-order valence-corrected chi connectivity index (χ0v) is 17.7. The van der Waals surface area contributed by atoms with Crippen molar-refractivity contribution in [2.45, 2.75) is 19.5 Å². The monoisotopic (exact) mass is 457 g/mol. The van der Waals surface area contributed by atoms with Gasteiger partial charge in [-0.1, -0.05) is 6.08 Å². The van der Waals surface area contributed by atoms with Crippen molar-refractivity contribution in [3.8, 4) is 0 Å². The number of thiazole rings is 1. The number of hydrogen-bond acceptors (Lipinski definition) is 7. The van der Waals surface area contributed by atoms with Gasteiger partial charge in [0.25, 0.3) is 5.56 Å². The maximum Gasteiger partial charge on any atom is 0.261 e. The molecule has 1 amide bonds. The van der Waals surface area contributed by atoms with Gasteiger partial charge in [0.15, 0.2) is 9.90 Å². The summed E-state index contributed by atoms with van der Waals surface area (Å²) < 4.78 is 16.9. The number of hydrogen-bond donors (Lipinski definition) is 2. The van der Waals surface area contributed by atoms with E-state index >= 15 is 0 Å². The van der Waals surface area contributed by atoms with Gasteiger partial charge in [0.2, 0.25) is 5.91 Å². The molecule has 3 aromatic heterocycles. The summed E-state index contributed by atoms with van der Waals surface area (Å²) in [6.45, 7) is 3.96. The highest BCUT2D eigenvalue weighted by Gasteiger charge is 2.13. The van der Waals surface area contributed by atoms with Crippen molar-refractivity contribution >= 4 is 45.5 Å². The zero-order chi connectivity index (χ0) is 22.0. The third-order valence-electron chi connectivity index (χ3n) is 4.39. The van der Waals surface area contributed by atoms with Gasteiger partial charge >= 0.3 is 0 Å². The highest BCUT2D eigenvalue weighted by molar-refractivity contribution is 7.71. The molecule has 0 aliphatic heterocycles. The number of benzene rings is 1. The molecule has 0 atom stereocenters. The van der Waals surface area contributed by atoms with Gasteiger partial charge in [-0.25, -0.2) is 14.4 Å².